The molecule has 0 aliphatic carbocycles. The summed E-state index contributed by atoms with van der Waals surface area (Å²) in [6.07, 6.45) is 2.33. The van der Waals surface area contributed by atoms with Crippen molar-refractivity contribution >= 4 is 5.69 Å². The van der Waals surface area contributed by atoms with Crippen molar-refractivity contribution in [1.29, 1.82) is 0 Å². The van der Waals surface area contributed by atoms with Gasteiger partial charge >= 0.3 is 0 Å². The Balaban J connectivity index is 2.49. The molecule has 2 rings (SSSR count). The Labute approximate surface area is 180 Å². The monoisotopic (exact) mass is 396 g/mol. The van der Waals surface area contributed by atoms with Crippen LogP contribution in [0.25, 0.3) is 0 Å². The second-order valence-corrected chi connectivity index (χ2v) is 9.85. The highest BCUT2D eigenvalue weighted by atomic mass is 15.4. The third-order valence-electron chi connectivity index (χ3n) is 6.40. The molecule has 1 heterocycles. The average molecular weight is 397 g/mol. The van der Waals surface area contributed by atoms with Crippen LogP contribution in [0.2, 0.25) is 0 Å². The molecule has 1 aromatic rings. The van der Waals surface area contributed by atoms with Crippen LogP contribution in [-0.2, 0) is 0 Å². The molecular weight excluding hydrogens is 352 g/mol. The molecule has 0 unspecified atom stereocenters. The Bertz CT molecular complexity index is 724. The van der Waals surface area contributed by atoms with Crippen LogP contribution < -0.4 is 4.90 Å². The van der Waals surface area contributed by atoms with Gasteiger partial charge in [0.05, 0.1) is 6.67 Å². The third kappa shape index (κ3) is 5.08. The van der Waals surface area contributed by atoms with E-state index in [4.69, 9.17) is 0 Å². The van der Waals surface area contributed by atoms with Gasteiger partial charge in [-0.25, -0.2) is 0 Å². The molecule has 0 amide bonds. The van der Waals surface area contributed by atoms with Crippen LogP contribution in [0, 0.1) is 11.8 Å². The third-order valence-corrected chi connectivity index (χ3v) is 6.40. The summed E-state index contributed by atoms with van der Waals surface area (Å²) in [6, 6.07) is 6.90. The maximum absolute atomic E-state index is 2.63. The van der Waals surface area contributed by atoms with Gasteiger partial charge < -0.3 is 9.80 Å². The number of benzene rings is 1. The lowest BCUT2D eigenvalue weighted by molar-refractivity contribution is 0.416. The van der Waals surface area contributed by atoms with Gasteiger partial charge in [-0.3, -0.25) is 0 Å². The second kappa shape index (κ2) is 9.87. The minimum Gasteiger partial charge on any atom is -0.352 e. The fourth-order valence-electron chi connectivity index (χ4n) is 4.51. The van der Waals surface area contributed by atoms with E-state index < -0.39 is 0 Å². The van der Waals surface area contributed by atoms with Crippen LogP contribution >= 0.6 is 0 Å². The summed E-state index contributed by atoms with van der Waals surface area (Å²) in [6.45, 7) is 26.3. The molecule has 2 nitrogen and oxygen atoms in total. The van der Waals surface area contributed by atoms with Crippen molar-refractivity contribution in [3.8, 4) is 0 Å². The first kappa shape index (κ1) is 23.6. The number of rotatable bonds is 7. The van der Waals surface area contributed by atoms with E-state index in [2.05, 4.69) is 103 Å². The average Bonchev–Trinajstić information content (AvgIpc) is 3.13. The minimum absolute atomic E-state index is 0.534. The first-order chi connectivity index (χ1) is 13.6. The topological polar surface area (TPSA) is 6.48 Å². The number of nitrogens with zero attached hydrogens (tertiary/aromatic N) is 2. The predicted octanol–water partition coefficient (Wildman–Crippen LogP) is 7.55. The van der Waals surface area contributed by atoms with E-state index in [1.54, 1.807) is 0 Å². The van der Waals surface area contributed by atoms with Crippen molar-refractivity contribution in [3.63, 3.8) is 0 Å². The number of hydrogen-bond acceptors (Lipinski definition) is 2. The summed E-state index contributed by atoms with van der Waals surface area (Å²) in [4.78, 5) is 5.26. The maximum atomic E-state index is 2.63. The van der Waals surface area contributed by atoms with Gasteiger partial charge in [0.1, 0.15) is 0 Å². The quantitative estimate of drug-likeness (QED) is 0.439. The SMILES string of the molecule is CC=C(C(=C(C)C(C)C)N1CCN(c2c(C(C)C)cccc2C(C)C)C1)C(C)C. The summed E-state index contributed by atoms with van der Waals surface area (Å²) in [5.41, 5.74) is 8.92. The molecule has 2 heteroatoms. The Morgan fingerprint density at radius 1 is 0.862 bits per heavy atom. The standard InChI is InChI=1S/C27H44N2/c1-11-23(19(4)5)26(22(10)18(2)3)28-15-16-29(17-28)27-24(20(6)7)13-12-14-25(27)21(8)9/h11-14,18-21H,15-17H2,1-10H3. The molecule has 1 aliphatic heterocycles. The van der Waals surface area contributed by atoms with Crippen LogP contribution in [-0.4, -0.2) is 24.7 Å². The molecule has 0 atom stereocenters. The van der Waals surface area contributed by atoms with Crippen LogP contribution in [0.4, 0.5) is 5.69 Å². The molecule has 0 bridgehead atoms. The number of allylic oxidation sites excluding steroid dienone is 3. The molecule has 29 heavy (non-hydrogen) atoms. The van der Waals surface area contributed by atoms with E-state index in [0.717, 1.165) is 19.8 Å². The Morgan fingerprint density at radius 3 is 1.83 bits per heavy atom. The predicted molar refractivity (Wildman–Crippen MR) is 130 cm³/mol. The Morgan fingerprint density at radius 2 is 1.41 bits per heavy atom. The normalized spacial score (nSPS) is 16.7. The lowest BCUT2D eigenvalue weighted by Crippen LogP contribution is -2.29. The molecule has 1 fully saturated rings. The van der Waals surface area contributed by atoms with Crippen molar-refractivity contribution in [2.45, 2.75) is 81.1 Å². The summed E-state index contributed by atoms with van der Waals surface area (Å²) in [7, 11) is 0. The largest absolute Gasteiger partial charge is 0.352 e. The highest BCUT2D eigenvalue weighted by molar-refractivity contribution is 5.62. The van der Waals surface area contributed by atoms with Crippen molar-refractivity contribution in [3.05, 3.63) is 52.2 Å². The van der Waals surface area contributed by atoms with E-state index in [9.17, 15) is 0 Å². The summed E-state index contributed by atoms with van der Waals surface area (Å²) in [5, 5.41) is 0. The first-order valence-electron chi connectivity index (χ1n) is 11.6. The van der Waals surface area contributed by atoms with Crippen LogP contribution in [0.1, 0.15) is 92.2 Å². The van der Waals surface area contributed by atoms with Gasteiger partial charge in [-0.1, -0.05) is 79.7 Å². The smallest absolute Gasteiger partial charge is 0.0904 e. The van der Waals surface area contributed by atoms with Crippen LogP contribution in [0.3, 0.4) is 0 Å². The molecule has 0 saturated carbocycles. The summed E-state index contributed by atoms with van der Waals surface area (Å²) < 4.78 is 0. The number of para-hydroxylation sites is 1. The molecule has 1 saturated heterocycles. The van der Waals surface area contributed by atoms with Crippen molar-refractivity contribution in [1.82, 2.24) is 4.90 Å². The number of hydrogen-bond donors (Lipinski definition) is 0. The minimum atomic E-state index is 0.534. The summed E-state index contributed by atoms with van der Waals surface area (Å²) in [5.74, 6) is 2.16. The Kier molecular flexibility index (Phi) is 8.02. The van der Waals surface area contributed by atoms with E-state index >= 15 is 0 Å². The van der Waals surface area contributed by atoms with E-state index in [0.29, 0.717) is 23.7 Å². The second-order valence-electron chi connectivity index (χ2n) is 9.85. The lowest BCUT2D eigenvalue weighted by atomic mass is 9.91. The van der Waals surface area contributed by atoms with E-state index in [-0.39, 0.29) is 0 Å². The van der Waals surface area contributed by atoms with Gasteiger partial charge in [-0.05, 0) is 59.8 Å². The van der Waals surface area contributed by atoms with Crippen LogP contribution in [0.15, 0.2) is 41.1 Å². The van der Waals surface area contributed by atoms with Gasteiger partial charge in [0.25, 0.3) is 0 Å². The van der Waals surface area contributed by atoms with Crippen molar-refractivity contribution in [2.75, 3.05) is 24.7 Å². The first-order valence-corrected chi connectivity index (χ1v) is 11.6. The fourth-order valence-corrected chi connectivity index (χ4v) is 4.51. The zero-order valence-corrected chi connectivity index (χ0v) is 20.6. The highest BCUT2D eigenvalue weighted by Crippen LogP contribution is 2.38. The van der Waals surface area contributed by atoms with Gasteiger partial charge in [0, 0.05) is 24.5 Å². The van der Waals surface area contributed by atoms with Crippen LogP contribution in [0.5, 0.6) is 0 Å². The van der Waals surface area contributed by atoms with Gasteiger partial charge in [0.15, 0.2) is 0 Å². The molecule has 162 valence electrons. The van der Waals surface area contributed by atoms with E-state index in [1.807, 2.05) is 0 Å². The van der Waals surface area contributed by atoms with E-state index in [1.165, 1.54) is 33.7 Å². The lowest BCUT2D eigenvalue weighted by Gasteiger charge is -2.32. The van der Waals surface area contributed by atoms with Crippen molar-refractivity contribution < 1.29 is 0 Å². The molecular formula is C27H44N2. The van der Waals surface area contributed by atoms with Gasteiger partial charge in [-0.2, -0.15) is 0 Å². The molecule has 1 aromatic carbocycles. The van der Waals surface area contributed by atoms with Gasteiger partial charge in [0.2, 0.25) is 0 Å². The summed E-state index contributed by atoms with van der Waals surface area (Å²) >= 11 is 0. The number of anilines is 1. The molecule has 0 aromatic heterocycles. The molecule has 0 N–H and O–H groups in total. The van der Waals surface area contributed by atoms with Crippen molar-refractivity contribution in [2.24, 2.45) is 11.8 Å². The highest BCUT2D eigenvalue weighted by Gasteiger charge is 2.29. The zero-order chi connectivity index (χ0) is 21.9. The maximum Gasteiger partial charge on any atom is 0.0904 e. The van der Waals surface area contributed by atoms with Gasteiger partial charge in [-0.15, -0.1) is 0 Å². The molecule has 1 aliphatic rings. The zero-order valence-electron chi connectivity index (χ0n) is 20.6. The fraction of sp³-hybridized carbons (Fsp3) is 0.630. The molecule has 0 spiro atoms. The Hall–Kier alpha value is -1.70. The molecule has 0 radical (unpaired) electrons.